The maximum Gasteiger partial charge on any atom is 0.308 e. The van der Waals surface area contributed by atoms with E-state index in [0.717, 1.165) is 28.8 Å². The smallest absolute Gasteiger partial charge is 0.308 e. The minimum absolute atomic E-state index is 0.0726. The number of carbonyl (C=O) groups is 2. The van der Waals surface area contributed by atoms with Crippen LogP contribution >= 0.6 is 0 Å². The van der Waals surface area contributed by atoms with Gasteiger partial charge in [0, 0.05) is 17.8 Å². The number of amides is 1. The van der Waals surface area contributed by atoms with Crippen LogP contribution in [0.15, 0.2) is 102 Å². The molecule has 0 saturated carbocycles. The summed E-state index contributed by atoms with van der Waals surface area (Å²) in [4.78, 5) is 27.0. The minimum atomic E-state index is -4.08. The monoisotopic (exact) mass is 586 g/mol. The highest BCUT2D eigenvalue weighted by Gasteiger charge is 2.38. The lowest BCUT2D eigenvalue weighted by atomic mass is 9.92. The Morgan fingerprint density at radius 2 is 1.57 bits per heavy atom. The van der Waals surface area contributed by atoms with E-state index >= 15 is 0 Å². The zero-order valence-electron chi connectivity index (χ0n) is 23.3. The number of anilines is 1. The summed E-state index contributed by atoms with van der Waals surface area (Å²) in [5, 5.41) is 2.85. The summed E-state index contributed by atoms with van der Waals surface area (Å²) < 4.78 is 48.0. The largest absolute Gasteiger partial charge is 0.447 e. The average molecular weight is 587 g/mol. The Balaban J connectivity index is 1.44. The van der Waals surface area contributed by atoms with Crippen molar-refractivity contribution in [2.75, 3.05) is 11.9 Å². The number of benzene rings is 4. The fraction of sp³-hybridized carbons (Fsp3) is 0.212. The second-order valence-electron chi connectivity index (χ2n) is 10.4. The number of esters is 1. The molecule has 0 saturated heterocycles. The summed E-state index contributed by atoms with van der Waals surface area (Å²) in [6.45, 7) is 3.97. The first kappa shape index (κ1) is 29.2. The third-order valence-electron chi connectivity index (χ3n) is 7.22. The standard InChI is InChI=1S/C33H31FN2O5S/c1-22-18-23(2)20-27(19-22)35-33(38)32(25-9-4-3-5-10-25)41-31(37)21-30-29-11-7-6-8-24(29)16-17-36(30)42(39,40)28-14-12-26(34)13-15-28/h3-15,18-20,30,32H,16-17,21H2,1-2H3,(H,35,38)/t30-,32+/m1/s1. The number of carbonyl (C=O) groups excluding carboxylic acids is 2. The van der Waals surface area contributed by atoms with Gasteiger partial charge in [0.2, 0.25) is 16.1 Å². The third-order valence-corrected chi connectivity index (χ3v) is 9.14. The molecule has 4 aromatic rings. The van der Waals surface area contributed by atoms with Gasteiger partial charge in [-0.15, -0.1) is 0 Å². The van der Waals surface area contributed by atoms with Gasteiger partial charge in [-0.3, -0.25) is 9.59 Å². The average Bonchev–Trinajstić information content (AvgIpc) is 2.96. The quantitative estimate of drug-likeness (QED) is 0.254. The number of nitrogens with one attached hydrogen (secondary N) is 1. The van der Waals surface area contributed by atoms with E-state index in [-0.39, 0.29) is 17.9 Å². The summed E-state index contributed by atoms with van der Waals surface area (Å²) >= 11 is 0. The number of sulfonamides is 1. The molecule has 4 aromatic carbocycles. The summed E-state index contributed by atoms with van der Waals surface area (Å²) in [6.07, 6.45) is -1.13. The molecule has 0 spiro atoms. The first-order valence-electron chi connectivity index (χ1n) is 13.6. The molecule has 1 heterocycles. The van der Waals surface area contributed by atoms with Crippen LogP contribution in [0.3, 0.4) is 0 Å². The van der Waals surface area contributed by atoms with E-state index in [0.29, 0.717) is 23.2 Å². The topological polar surface area (TPSA) is 92.8 Å². The highest BCUT2D eigenvalue weighted by Crippen LogP contribution is 2.37. The molecule has 1 aliphatic heterocycles. The number of ether oxygens (including phenoxy) is 1. The molecular formula is C33H31FN2O5S. The van der Waals surface area contributed by atoms with Crippen LogP contribution in [-0.2, 0) is 30.8 Å². The van der Waals surface area contributed by atoms with Crippen LogP contribution < -0.4 is 5.32 Å². The van der Waals surface area contributed by atoms with Crippen LogP contribution in [0.25, 0.3) is 0 Å². The second kappa shape index (κ2) is 12.3. The van der Waals surface area contributed by atoms with Gasteiger partial charge in [-0.2, -0.15) is 4.31 Å². The van der Waals surface area contributed by atoms with Crippen molar-refractivity contribution in [1.82, 2.24) is 4.31 Å². The number of aryl methyl sites for hydroxylation is 2. The molecule has 1 N–H and O–H groups in total. The van der Waals surface area contributed by atoms with E-state index in [4.69, 9.17) is 4.74 Å². The van der Waals surface area contributed by atoms with Gasteiger partial charge in [0.1, 0.15) is 5.82 Å². The fourth-order valence-corrected chi connectivity index (χ4v) is 6.97. The van der Waals surface area contributed by atoms with Crippen LogP contribution in [0, 0.1) is 19.7 Å². The Bertz CT molecular complexity index is 1690. The van der Waals surface area contributed by atoms with Crippen LogP contribution in [0.1, 0.15) is 46.4 Å². The maximum absolute atomic E-state index is 13.7. The molecule has 0 fully saturated rings. The van der Waals surface area contributed by atoms with Crippen molar-refractivity contribution in [3.63, 3.8) is 0 Å². The Morgan fingerprint density at radius 3 is 2.26 bits per heavy atom. The SMILES string of the molecule is Cc1cc(C)cc(NC(=O)[C@@H](OC(=O)C[C@@H]2c3ccccc3CCN2S(=O)(=O)c2ccc(F)cc2)c2ccccc2)c1. The number of hydrogen-bond donors (Lipinski definition) is 1. The van der Waals surface area contributed by atoms with Gasteiger partial charge in [-0.1, -0.05) is 60.7 Å². The van der Waals surface area contributed by atoms with Crippen molar-refractivity contribution in [3.05, 3.63) is 131 Å². The summed E-state index contributed by atoms with van der Waals surface area (Å²) in [5.41, 5.74) is 4.60. The van der Waals surface area contributed by atoms with Gasteiger partial charge in [0.15, 0.2) is 0 Å². The number of hydrogen-bond acceptors (Lipinski definition) is 5. The predicted octanol–water partition coefficient (Wildman–Crippen LogP) is 6.04. The molecule has 0 aliphatic carbocycles. The lowest BCUT2D eigenvalue weighted by Crippen LogP contribution is -2.41. The molecular weight excluding hydrogens is 555 g/mol. The van der Waals surface area contributed by atoms with Crippen LogP contribution in [0.5, 0.6) is 0 Å². The Labute approximate surface area is 245 Å². The van der Waals surface area contributed by atoms with Crippen molar-refractivity contribution in [2.24, 2.45) is 0 Å². The summed E-state index contributed by atoms with van der Waals surface area (Å²) in [7, 11) is -4.08. The molecule has 7 nitrogen and oxygen atoms in total. The van der Waals surface area contributed by atoms with Gasteiger partial charge < -0.3 is 10.1 Å². The molecule has 0 aromatic heterocycles. The van der Waals surface area contributed by atoms with Gasteiger partial charge >= 0.3 is 5.97 Å². The predicted molar refractivity (Wildman–Crippen MR) is 158 cm³/mol. The zero-order valence-corrected chi connectivity index (χ0v) is 24.1. The van der Waals surface area contributed by atoms with E-state index in [1.54, 1.807) is 42.5 Å². The number of rotatable bonds is 8. The first-order valence-corrected chi connectivity index (χ1v) is 15.0. The molecule has 1 aliphatic rings. The minimum Gasteiger partial charge on any atom is -0.447 e. The van der Waals surface area contributed by atoms with Crippen molar-refractivity contribution in [1.29, 1.82) is 0 Å². The highest BCUT2D eigenvalue weighted by atomic mass is 32.2. The normalized spacial score (nSPS) is 15.8. The lowest BCUT2D eigenvalue weighted by molar-refractivity contribution is -0.155. The van der Waals surface area contributed by atoms with Crippen LogP contribution in [-0.4, -0.2) is 31.1 Å². The van der Waals surface area contributed by atoms with Crippen molar-refractivity contribution < 1.29 is 27.1 Å². The first-order chi connectivity index (χ1) is 20.1. The molecule has 216 valence electrons. The van der Waals surface area contributed by atoms with E-state index in [1.807, 2.05) is 44.2 Å². The van der Waals surface area contributed by atoms with E-state index < -0.39 is 39.9 Å². The maximum atomic E-state index is 13.7. The molecule has 9 heteroatoms. The molecule has 0 bridgehead atoms. The summed E-state index contributed by atoms with van der Waals surface area (Å²) in [5.74, 6) is -1.82. The lowest BCUT2D eigenvalue weighted by Gasteiger charge is -2.36. The molecule has 42 heavy (non-hydrogen) atoms. The van der Waals surface area contributed by atoms with Crippen LogP contribution in [0.2, 0.25) is 0 Å². The van der Waals surface area contributed by atoms with Gasteiger partial charge in [-0.05, 0) is 78.9 Å². The molecule has 1 amide bonds. The Morgan fingerprint density at radius 1 is 0.929 bits per heavy atom. The molecule has 0 radical (unpaired) electrons. The number of halogens is 1. The van der Waals surface area contributed by atoms with E-state index in [9.17, 15) is 22.4 Å². The van der Waals surface area contributed by atoms with Gasteiger partial charge in [-0.25, -0.2) is 12.8 Å². The third kappa shape index (κ3) is 6.42. The summed E-state index contributed by atoms with van der Waals surface area (Å²) in [6, 6.07) is 25.4. The number of nitrogens with zero attached hydrogens (tertiary/aromatic N) is 1. The Kier molecular flexibility index (Phi) is 8.51. The van der Waals surface area contributed by atoms with Crippen molar-refractivity contribution >= 4 is 27.6 Å². The molecule has 0 unspecified atom stereocenters. The molecule has 5 rings (SSSR count). The zero-order chi connectivity index (χ0) is 29.9. The van der Waals surface area contributed by atoms with Gasteiger partial charge in [0.05, 0.1) is 17.4 Å². The highest BCUT2D eigenvalue weighted by molar-refractivity contribution is 7.89. The van der Waals surface area contributed by atoms with E-state index in [1.165, 1.54) is 16.4 Å². The van der Waals surface area contributed by atoms with E-state index in [2.05, 4.69) is 5.32 Å². The fourth-order valence-electron chi connectivity index (χ4n) is 5.36. The van der Waals surface area contributed by atoms with Crippen molar-refractivity contribution in [2.45, 2.75) is 43.7 Å². The number of fused-ring (bicyclic) bond motifs is 1. The van der Waals surface area contributed by atoms with Crippen LogP contribution in [0.4, 0.5) is 10.1 Å². The van der Waals surface area contributed by atoms with Gasteiger partial charge in [0.25, 0.3) is 5.91 Å². The molecule has 2 atom stereocenters. The second-order valence-corrected chi connectivity index (χ2v) is 12.3. The Hall–Kier alpha value is -4.34. The van der Waals surface area contributed by atoms with Crippen molar-refractivity contribution in [3.8, 4) is 0 Å².